The van der Waals surface area contributed by atoms with Crippen molar-refractivity contribution in [2.45, 2.75) is 0 Å². The van der Waals surface area contributed by atoms with Gasteiger partial charge in [0.25, 0.3) is 0 Å². The number of carbonyl (C=O) groups is 1. The Hall–Kier alpha value is -1.23. The molecule has 0 radical (unpaired) electrons. The summed E-state index contributed by atoms with van der Waals surface area (Å²) in [7, 11) is 0. The molecule has 0 aliphatic heterocycles. The Labute approximate surface area is 112 Å². The predicted molar refractivity (Wildman–Crippen MR) is 76.4 cm³/mol. The number of ketones is 1. The molecule has 0 atom stereocenters. The standard InChI is InChI=1S/C9H6OS2.C4H4S/c10-9(7-3-1-5-11-7)8-4-2-6-12-8;1-2-4-5-3-1/h1-6H;1-4H. The molecular weight excluding hydrogens is 268 g/mol. The van der Waals surface area contributed by atoms with E-state index in [-0.39, 0.29) is 5.78 Å². The van der Waals surface area contributed by atoms with E-state index < -0.39 is 0 Å². The Balaban J connectivity index is 0.000000181. The van der Waals surface area contributed by atoms with Gasteiger partial charge in [-0.05, 0) is 33.7 Å². The minimum Gasteiger partial charge on any atom is -0.287 e. The highest BCUT2D eigenvalue weighted by Crippen LogP contribution is 2.18. The summed E-state index contributed by atoms with van der Waals surface area (Å²) in [5.41, 5.74) is 0. The second-order valence-electron chi connectivity index (χ2n) is 3.08. The molecule has 0 fully saturated rings. The van der Waals surface area contributed by atoms with Crippen molar-refractivity contribution in [3.8, 4) is 0 Å². The lowest BCUT2D eigenvalue weighted by Crippen LogP contribution is -1.93. The van der Waals surface area contributed by atoms with Crippen molar-refractivity contribution in [3.63, 3.8) is 0 Å². The molecule has 0 aliphatic carbocycles. The maximum atomic E-state index is 11.6. The van der Waals surface area contributed by atoms with Crippen molar-refractivity contribution in [3.05, 3.63) is 67.7 Å². The van der Waals surface area contributed by atoms with E-state index in [1.165, 1.54) is 22.7 Å². The lowest BCUT2D eigenvalue weighted by molar-refractivity contribution is 0.104. The lowest BCUT2D eigenvalue weighted by Gasteiger charge is -1.89. The Morgan fingerprint density at radius 2 is 1.29 bits per heavy atom. The van der Waals surface area contributed by atoms with E-state index in [9.17, 15) is 4.79 Å². The third kappa shape index (κ3) is 3.63. The second-order valence-corrected chi connectivity index (χ2v) is 5.79. The first-order valence-corrected chi connectivity index (χ1v) is 7.67. The predicted octanol–water partition coefficient (Wildman–Crippen LogP) is 4.79. The summed E-state index contributed by atoms with van der Waals surface area (Å²) in [4.78, 5) is 13.2. The van der Waals surface area contributed by atoms with Crippen LogP contribution in [0.3, 0.4) is 0 Å². The van der Waals surface area contributed by atoms with E-state index in [4.69, 9.17) is 0 Å². The van der Waals surface area contributed by atoms with E-state index in [1.54, 1.807) is 11.3 Å². The van der Waals surface area contributed by atoms with Crippen molar-refractivity contribution < 1.29 is 4.79 Å². The van der Waals surface area contributed by atoms with Crippen molar-refractivity contribution in [1.82, 2.24) is 0 Å². The van der Waals surface area contributed by atoms with Gasteiger partial charge in [0.2, 0.25) is 5.78 Å². The number of thiophene rings is 3. The first-order chi connectivity index (χ1) is 8.38. The third-order valence-corrected chi connectivity index (χ3v) is 4.28. The lowest BCUT2D eigenvalue weighted by atomic mass is 10.3. The van der Waals surface area contributed by atoms with Crippen LogP contribution in [0, 0.1) is 0 Å². The minimum atomic E-state index is 0.139. The summed E-state index contributed by atoms with van der Waals surface area (Å²) in [6.45, 7) is 0. The van der Waals surface area contributed by atoms with Crippen molar-refractivity contribution in [1.29, 1.82) is 0 Å². The van der Waals surface area contributed by atoms with Gasteiger partial charge in [0.05, 0.1) is 9.75 Å². The van der Waals surface area contributed by atoms with E-state index in [0.29, 0.717) is 0 Å². The molecular formula is C13H10OS3. The van der Waals surface area contributed by atoms with Crippen molar-refractivity contribution in [2.75, 3.05) is 0 Å². The third-order valence-electron chi connectivity index (χ3n) is 1.92. The van der Waals surface area contributed by atoms with Crippen LogP contribution in [0.5, 0.6) is 0 Å². The van der Waals surface area contributed by atoms with Gasteiger partial charge in [-0.3, -0.25) is 4.79 Å². The fraction of sp³-hybridized carbons (Fsp3) is 0. The van der Waals surface area contributed by atoms with Gasteiger partial charge in [0.15, 0.2) is 0 Å². The molecule has 0 saturated heterocycles. The fourth-order valence-electron chi connectivity index (χ4n) is 1.16. The maximum Gasteiger partial charge on any atom is 0.212 e. The van der Waals surface area contributed by atoms with Crippen LogP contribution >= 0.6 is 34.0 Å². The Morgan fingerprint density at radius 1 is 0.765 bits per heavy atom. The minimum absolute atomic E-state index is 0.139. The summed E-state index contributed by atoms with van der Waals surface area (Å²) in [6, 6.07) is 11.5. The molecule has 0 amide bonds. The van der Waals surface area contributed by atoms with Crippen LogP contribution < -0.4 is 0 Å². The van der Waals surface area contributed by atoms with Gasteiger partial charge >= 0.3 is 0 Å². The summed E-state index contributed by atoms with van der Waals surface area (Å²) >= 11 is 4.69. The molecule has 86 valence electrons. The van der Waals surface area contributed by atoms with Crippen LogP contribution in [-0.2, 0) is 0 Å². The average molecular weight is 278 g/mol. The molecule has 0 aromatic carbocycles. The summed E-state index contributed by atoms with van der Waals surface area (Å²) < 4.78 is 0. The number of hydrogen-bond acceptors (Lipinski definition) is 4. The van der Waals surface area contributed by atoms with Crippen LogP contribution in [0.2, 0.25) is 0 Å². The normalized spacial score (nSPS) is 9.41. The molecule has 0 bridgehead atoms. The molecule has 3 rings (SSSR count). The smallest absolute Gasteiger partial charge is 0.212 e. The van der Waals surface area contributed by atoms with Crippen LogP contribution in [0.4, 0.5) is 0 Å². The fourth-order valence-corrected chi connectivity index (χ4v) is 3.04. The topological polar surface area (TPSA) is 17.1 Å². The van der Waals surface area contributed by atoms with Crippen molar-refractivity contribution in [2.24, 2.45) is 0 Å². The molecule has 0 saturated carbocycles. The summed E-state index contributed by atoms with van der Waals surface area (Å²) in [5, 5.41) is 7.92. The highest BCUT2D eigenvalue weighted by molar-refractivity contribution is 7.15. The molecule has 0 N–H and O–H groups in total. The second kappa shape index (κ2) is 6.49. The molecule has 1 nitrogen and oxygen atoms in total. The van der Waals surface area contributed by atoms with E-state index in [1.807, 2.05) is 57.9 Å². The maximum absolute atomic E-state index is 11.6. The molecule has 0 unspecified atom stereocenters. The van der Waals surface area contributed by atoms with Gasteiger partial charge in [0, 0.05) is 0 Å². The van der Waals surface area contributed by atoms with Crippen LogP contribution in [-0.4, -0.2) is 5.78 Å². The Bertz CT molecular complexity index is 468. The zero-order chi connectivity index (χ0) is 11.9. The molecule has 0 aliphatic rings. The van der Waals surface area contributed by atoms with E-state index in [0.717, 1.165) is 9.75 Å². The van der Waals surface area contributed by atoms with Gasteiger partial charge in [0.1, 0.15) is 0 Å². The van der Waals surface area contributed by atoms with Gasteiger partial charge in [-0.15, -0.1) is 22.7 Å². The van der Waals surface area contributed by atoms with Gasteiger partial charge in [-0.1, -0.05) is 24.3 Å². The van der Waals surface area contributed by atoms with Crippen LogP contribution in [0.15, 0.2) is 57.9 Å². The number of hydrogen-bond donors (Lipinski definition) is 0. The molecule has 3 aromatic rings. The first kappa shape index (κ1) is 12.2. The van der Waals surface area contributed by atoms with Crippen LogP contribution in [0.1, 0.15) is 14.5 Å². The highest BCUT2D eigenvalue weighted by Gasteiger charge is 2.09. The van der Waals surface area contributed by atoms with E-state index >= 15 is 0 Å². The molecule has 17 heavy (non-hydrogen) atoms. The highest BCUT2D eigenvalue weighted by atomic mass is 32.1. The van der Waals surface area contributed by atoms with Crippen LogP contribution in [0.25, 0.3) is 0 Å². The molecule has 3 aromatic heterocycles. The Kier molecular flexibility index (Phi) is 4.67. The quantitative estimate of drug-likeness (QED) is 0.616. The van der Waals surface area contributed by atoms with Gasteiger partial charge in [-0.25, -0.2) is 0 Å². The monoisotopic (exact) mass is 278 g/mol. The van der Waals surface area contributed by atoms with Gasteiger partial charge < -0.3 is 0 Å². The summed E-state index contributed by atoms with van der Waals surface area (Å²) in [5.74, 6) is 0.139. The first-order valence-electron chi connectivity index (χ1n) is 4.97. The van der Waals surface area contributed by atoms with Gasteiger partial charge in [-0.2, -0.15) is 11.3 Å². The summed E-state index contributed by atoms with van der Waals surface area (Å²) in [6.07, 6.45) is 0. The number of carbonyl (C=O) groups excluding carboxylic acids is 1. The van der Waals surface area contributed by atoms with Crippen molar-refractivity contribution >= 4 is 39.8 Å². The zero-order valence-electron chi connectivity index (χ0n) is 8.91. The van der Waals surface area contributed by atoms with E-state index in [2.05, 4.69) is 0 Å². The molecule has 4 heteroatoms. The number of rotatable bonds is 2. The molecule has 3 heterocycles. The molecule has 0 spiro atoms. The average Bonchev–Trinajstić information content (AvgIpc) is 3.11. The zero-order valence-corrected chi connectivity index (χ0v) is 11.4. The largest absolute Gasteiger partial charge is 0.287 e. The Morgan fingerprint density at radius 3 is 1.59 bits per heavy atom. The SMILES string of the molecule is O=C(c1cccs1)c1cccs1.c1ccsc1.